The molecule has 0 unspecified atom stereocenters. The molecule has 7 nitrogen and oxygen atoms in total. The average molecular weight is 467 g/mol. The van der Waals surface area contributed by atoms with Crippen molar-refractivity contribution in [2.45, 2.75) is 19.2 Å². The first-order valence-electron chi connectivity index (χ1n) is 9.90. The lowest BCUT2D eigenvalue weighted by Gasteiger charge is -2.12. The SMILES string of the molecule is CC(=O)c1nnc(Nc2ccc(CS(C)(=O)=O)cc2)cc1NCc1cccc2ccsc12. The van der Waals surface area contributed by atoms with Gasteiger partial charge in [-0.25, -0.2) is 8.42 Å². The molecule has 4 rings (SSSR count). The van der Waals surface area contributed by atoms with Crippen LogP contribution in [-0.2, 0) is 22.1 Å². The zero-order chi connectivity index (χ0) is 22.7. The summed E-state index contributed by atoms with van der Waals surface area (Å²) in [4.78, 5) is 12.1. The fourth-order valence-electron chi connectivity index (χ4n) is 3.37. The van der Waals surface area contributed by atoms with E-state index in [1.165, 1.54) is 23.3 Å². The number of Topliss-reactive ketones (excluding diaryl/α,β-unsaturated/α-hetero) is 1. The van der Waals surface area contributed by atoms with Crippen molar-refractivity contribution in [3.05, 3.63) is 76.8 Å². The standard InChI is InChI=1S/C23H22N4O3S2/c1-15(28)22-20(24-13-18-5-3-4-17-10-11-31-23(17)18)12-21(26-27-22)25-19-8-6-16(7-9-19)14-32(2,29)30/h3-12H,13-14H2,1-2H3,(H2,24,25,26). The number of nitrogens with one attached hydrogen (secondary N) is 2. The molecular weight excluding hydrogens is 444 g/mol. The van der Waals surface area contributed by atoms with Gasteiger partial charge in [0.05, 0.1) is 11.4 Å². The van der Waals surface area contributed by atoms with Gasteiger partial charge in [0, 0.05) is 36.2 Å². The number of ketones is 1. The van der Waals surface area contributed by atoms with Gasteiger partial charge in [0.15, 0.2) is 27.1 Å². The number of thiophene rings is 1. The molecule has 9 heteroatoms. The minimum atomic E-state index is -3.09. The summed E-state index contributed by atoms with van der Waals surface area (Å²) in [7, 11) is -3.09. The summed E-state index contributed by atoms with van der Waals surface area (Å²) in [6, 6.07) is 17.1. The van der Waals surface area contributed by atoms with E-state index in [1.54, 1.807) is 41.7 Å². The maximum absolute atomic E-state index is 12.1. The van der Waals surface area contributed by atoms with Crippen molar-refractivity contribution in [1.29, 1.82) is 0 Å². The van der Waals surface area contributed by atoms with Crippen LogP contribution in [0.15, 0.2) is 60.0 Å². The Hall–Kier alpha value is -3.30. The number of benzene rings is 2. The fraction of sp³-hybridized carbons (Fsp3) is 0.174. The van der Waals surface area contributed by atoms with Gasteiger partial charge in [0.1, 0.15) is 0 Å². The van der Waals surface area contributed by atoms with Crippen molar-refractivity contribution in [2.24, 2.45) is 0 Å². The van der Waals surface area contributed by atoms with E-state index in [9.17, 15) is 13.2 Å². The molecule has 0 bridgehead atoms. The van der Waals surface area contributed by atoms with Crippen LogP contribution in [0, 0.1) is 0 Å². The second-order valence-corrected chi connectivity index (χ2v) is 10.6. The molecule has 164 valence electrons. The Kier molecular flexibility index (Phi) is 6.20. The predicted octanol–water partition coefficient (Wildman–Crippen LogP) is 4.79. The number of hydrogen-bond donors (Lipinski definition) is 2. The highest BCUT2D eigenvalue weighted by atomic mass is 32.2. The topological polar surface area (TPSA) is 101 Å². The molecule has 2 aromatic carbocycles. The van der Waals surface area contributed by atoms with Gasteiger partial charge in [0.2, 0.25) is 0 Å². The van der Waals surface area contributed by atoms with E-state index >= 15 is 0 Å². The first-order chi connectivity index (χ1) is 15.3. The van der Waals surface area contributed by atoms with Crippen LogP contribution in [-0.4, -0.2) is 30.7 Å². The van der Waals surface area contributed by atoms with E-state index in [4.69, 9.17) is 0 Å². The molecule has 4 aromatic rings. The third-order valence-electron chi connectivity index (χ3n) is 4.81. The lowest BCUT2D eigenvalue weighted by atomic mass is 10.1. The fourth-order valence-corrected chi connectivity index (χ4v) is 5.08. The number of nitrogens with zero attached hydrogens (tertiary/aromatic N) is 2. The van der Waals surface area contributed by atoms with Crippen molar-refractivity contribution in [3.63, 3.8) is 0 Å². The first-order valence-corrected chi connectivity index (χ1v) is 12.8. The molecular formula is C23H22N4O3S2. The predicted molar refractivity (Wildman–Crippen MR) is 129 cm³/mol. The zero-order valence-corrected chi connectivity index (χ0v) is 19.3. The summed E-state index contributed by atoms with van der Waals surface area (Å²) >= 11 is 1.68. The molecule has 0 radical (unpaired) electrons. The van der Waals surface area contributed by atoms with Crippen molar-refractivity contribution in [1.82, 2.24) is 10.2 Å². The molecule has 0 aliphatic carbocycles. The van der Waals surface area contributed by atoms with Crippen LogP contribution >= 0.6 is 11.3 Å². The number of fused-ring (bicyclic) bond motifs is 1. The molecule has 0 amide bonds. The maximum Gasteiger partial charge on any atom is 0.182 e. The number of hydrogen-bond acceptors (Lipinski definition) is 8. The highest BCUT2D eigenvalue weighted by Crippen LogP contribution is 2.27. The minimum Gasteiger partial charge on any atom is -0.379 e. The summed E-state index contributed by atoms with van der Waals surface area (Å²) in [5.41, 5.74) is 3.46. The lowest BCUT2D eigenvalue weighted by molar-refractivity contribution is 0.101. The Balaban J connectivity index is 1.54. The van der Waals surface area contributed by atoms with Gasteiger partial charge in [-0.2, -0.15) is 0 Å². The van der Waals surface area contributed by atoms with E-state index in [0.717, 1.165) is 11.3 Å². The molecule has 0 spiro atoms. The smallest absolute Gasteiger partial charge is 0.182 e. The van der Waals surface area contributed by atoms with Crippen LogP contribution in [0.5, 0.6) is 0 Å². The number of aromatic nitrogens is 2. The summed E-state index contributed by atoms with van der Waals surface area (Å²) < 4.78 is 24.1. The Morgan fingerprint density at radius 2 is 1.84 bits per heavy atom. The van der Waals surface area contributed by atoms with Crippen LogP contribution in [0.25, 0.3) is 10.1 Å². The van der Waals surface area contributed by atoms with Gasteiger partial charge >= 0.3 is 0 Å². The Morgan fingerprint density at radius 3 is 2.56 bits per heavy atom. The number of anilines is 3. The molecule has 0 atom stereocenters. The zero-order valence-electron chi connectivity index (χ0n) is 17.6. The van der Waals surface area contributed by atoms with Gasteiger partial charge in [-0.05, 0) is 40.1 Å². The first kappa shape index (κ1) is 21.9. The summed E-state index contributed by atoms with van der Waals surface area (Å²) in [6.45, 7) is 2.01. The monoisotopic (exact) mass is 466 g/mol. The molecule has 32 heavy (non-hydrogen) atoms. The quantitative estimate of drug-likeness (QED) is 0.360. The van der Waals surface area contributed by atoms with E-state index in [2.05, 4.69) is 44.4 Å². The number of rotatable bonds is 8. The molecule has 0 saturated heterocycles. The third kappa shape index (κ3) is 5.30. The normalized spacial score (nSPS) is 11.4. The van der Waals surface area contributed by atoms with Gasteiger partial charge < -0.3 is 10.6 Å². The second-order valence-electron chi connectivity index (χ2n) is 7.55. The van der Waals surface area contributed by atoms with Gasteiger partial charge in [-0.15, -0.1) is 21.5 Å². The minimum absolute atomic E-state index is 0.00848. The summed E-state index contributed by atoms with van der Waals surface area (Å²) in [6.07, 6.45) is 1.21. The highest BCUT2D eigenvalue weighted by molar-refractivity contribution is 7.89. The molecule has 2 aromatic heterocycles. The Labute approximate surface area is 190 Å². The maximum atomic E-state index is 12.1. The van der Waals surface area contributed by atoms with Crippen LogP contribution in [0.2, 0.25) is 0 Å². The molecule has 2 N–H and O–H groups in total. The second kappa shape index (κ2) is 9.05. The van der Waals surface area contributed by atoms with Crippen LogP contribution < -0.4 is 10.6 Å². The van der Waals surface area contributed by atoms with Crippen molar-refractivity contribution in [3.8, 4) is 0 Å². The Bertz CT molecular complexity index is 1380. The van der Waals surface area contributed by atoms with Crippen LogP contribution in [0.4, 0.5) is 17.2 Å². The van der Waals surface area contributed by atoms with Crippen molar-refractivity contribution < 1.29 is 13.2 Å². The molecule has 0 fully saturated rings. The molecule has 0 aliphatic heterocycles. The van der Waals surface area contributed by atoms with Crippen LogP contribution in [0.3, 0.4) is 0 Å². The van der Waals surface area contributed by atoms with E-state index in [1.807, 2.05) is 6.07 Å². The van der Waals surface area contributed by atoms with Crippen molar-refractivity contribution >= 4 is 54.2 Å². The van der Waals surface area contributed by atoms with Gasteiger partial charge in [-0.3, -0.25) is 4.79 Å². The van der Waals surface area contributed by atoms with Gasteiger partial charge in [0.25, 0.3) is 0 Å². The van der Waals surface area contributed by atoms with E-state index in [0.29, 0.717) is 23.6 Å². The van der Waals surface area contributed by atoms with Crippen molar-refractivity contribution in [2.75, 3.05) is 16.9 Å². The molecule has 2 heterocycles. The third-order valence-corrected chi connectivity index (χ3v) is 6.68. The number of carbonyl (C=O) groups excluding carboxylic acids is 1. The van der Waals surface area contributed by atoms with Crippen LogP contribution in [0.1, 0.15) is 28.5 Å². The lowest BCUT2D eigenvalue weighted by Crippen LogP contribution is -2.10. The summed E-state index contributed by atoms with van der Waals surface area (Å²) in [5.74, 6) is 0.291. The van der Waals surface area contributed by atoms with E-state index in [-0.39, 0.29) is 17.2 Å². The summed E-state index contributed by atoms with van der Waals surface area (Å²) in [5, 5.41) is 18.0. The number of carbonyl (C=O) groups is 1. The van der Waals surface area contributed by atoms with E-state index < -0.39 is 9.84 Å². The largest absolute Gasteiger partial charge is 0.379 e. The molecule has 0 saturated carbocycles. The Morgan fingerprint density at radius 1 is 1.06 bits per heavy atom. The molecule has 0 aliphatic rings. The highest BCUT2D eigenvalue weighted by Gasteiger charge is 2.13. The number of sulfone groups is 1. The average Bonchev–Trinajstić information content (AvgIpc) is 3.22. The van der Waals surface area contributed by atoms with Gasteiger partial charge in [-0.1, -0.05) is 30.3 Å².